The van der Waals surface area contributed by atoms with Crippen LogP contribution in [0.2, 0.25) is 0 Å². The van der Waals surface area contributed by atoms with Gasteiger partial charge in [0.05, 0.1) is 0 Å². The van der Waals surface area contributed by atoms with Crippen LogP contribution in [0.4, 0.5) is 5.82 Å². The van der Waals surface area contributed by atoms with Crippen LogP contribution >= 0.6 is 0 Å². The van der Waals surface area contributed by atoms with Crippen LogP contribution in [-0.4, -0.2) is 67.5 Å². The summed E-state index contributed by atoms with van der Waals surface area (Å²) in [5.41, 5.74) is 1.27. The SMILES string of the molecule is C=Cc1ccc(N2CCCC3(CCC(=O)N(CCN(C)C)C3)C2)nc1. The van der Waals surface area contributed by atoms with E-state index in [2.05, 4.69) is 52.5 Å². The molecule has 2 saturated heterocycles. The minimum absolute atomic E-state index is 0.220. The Morgan fingerprint density at radius 1 is 1.32 bits per heavy atom. The smallest absolute Gasteiger partial charge is 0.222 e. The zero-order valence-electron chi connectivity index (χ0n) is 15.6. The highest BCUT2D eigenvalue weighted by atomic mass is 16.2. The van der Waals surface area contributed by atoms with E-state index in [-0.39, 0.29) is 5.41 Å². The maximum Gasteiger partial charge on any atom is 0.222 e. The van der Waals surface area contributed by atoms with Gasteiger partial charge in [-0.15, -0.1) is 0 Å². The average Bonchev–Trinajstić information content (AvgIpc) is 2.63. The number of nitrogens with zero attached hydrogens (tertiary/aromatic N) is 4. The van der Waals surface area contributed by atoms with E-state index in [9.17, 15) is 4.79 Å². The van der Waals surface area contributed by atoms with Gasteiger partial charge in [-0.1, -0.05) is 12.7 Å². The number of pyridine rings is 1. The Kier molecular flexibility index (Phi) is 5.42. The summed E-state index contributed by atoms with van der Waals surface area (Å²) in [5.74, 6) is 1.36. The summed E-state index contributed by atoms with van der Waals surface area (Å²) < 4.78 is 0. The monoisotopic (exact) mass is 342 g/mol. The van der Waals surface area contributed by atoms with E-state index in [4.69, 9.17) is 0 Å². The Morgan fingerprint density at radius 2 is 2.16 bits per heavy atom. The van der Waals surface area contributed by atoms with Gasteiger partial charge in [-0.3, -0.25) is 4.79 Å². The molecule has 0 aromatic carbocycles. The lowest BCUT2D eigenvalue weighted by Crippen LogP contribution is -2.55. The van der Waals surface area contributed by atoms with Crippen molar-refractivity contribution < 1.29 is 4.79 Å². The molecule has 25 heavy (non-hydrogen) atoms. The van der Waals surface area contributed by atoms with Crippen LogP contribution < -0.4 is 4.90 Å². The van der Waals surface area contributed by atoms with Crippen molar-refractivity contribution in [2.45, 2.75) is 25.7 Å². The van der Waals surface area contributed by atoms with Crippen molar-refractivity contribution in [3.05, 3.63) is 30.5 Å². The third-order valence-electron chi connectivity index (χ3n) is 5.56. The second kappa shape index (κ2) is 7.56. The zero-order valence-corrected chi connectivity index (χ0v) is 15.6. The van der Waals surface area contributed by atoms with Crippen LogP contribution in [0.5, 0.6) is 0 Å². The van der Waals surface area contributed by atoms with Crippen molar-refractivity contribution in [2.75, 3.05) is 51.7 Å². The lowest BCUT2D eigenvalue weighted by molar-refractivity contribution is -0.138. The highest BCUT2D eigenvalue weighted by molar-refractivity contribution is 5.77. The van der Waals surface area contributed by atoms with Crippen molar-refractivity contribution in [3.8, 4) is 0 Å². The molecule has 2 aliphatic heterocycles. The number of likely N-dealkylation sites (N-methyl/N-ethyl adjacent to an activating group) is 1. The van der Waals surface area contributed by atoms with Crippen LogP contribution in [0.1, 0.15) is 31.2 Å². The lowest BCUT2D eigenvalue weighted by Gasteiger charge is -2.48. The molecule has 0 aliphatic carbocycles. The Hall–Kier alpha value is -1.88. The van der Waals surface area contributed by atoms with Gasteiger partial charge in [0.25, 0.3) is 0 Å². The summed E-state index contributed by atoms with van der Waals surface area (Å²) in [6, 6.07) is 4.16. The van der Waals surface area contributed by atoms with Gasteiger partial charge in [0.2, 0.25) is 5.91 Å². The molecule has 1 aromatic rings. The van der Waals surface area contributed by atoms with Crippen molar-refractivity contribution >= 4 is 17.8 Å². The van der Waals surface area contributed by atoms with Crippen molar-refractivity contribution in [1.29, 1.82) is 0 Å². The van der Waals surface area contributed by atoms with Crippen molar-refractivity contribution in [2.24, 2.45) is 5.41 Å². The molecule has 0 N–H and O–H groups in total. The van der Waals surface area contributed by atoms with E-state index < -0.39 is 0 Å². The minimum atomic E-state index is 0.220. The van der Waals surface area contributed by atoms with E-state index in [1.54, 1.807) is 0 Å². The van der Waals surface area contributed by atoms with Gasteiger partial charge in [-0.25, -0.2) is 4.98 Å². The fourth-order valence-corrected chi connectivity index (χ4v) is 4.07. The van der Waals surface area contributed by atoms with Gasteiger partial charge in [0.15, 0.2) is 0 Å². The molecule has 0 saturated carbocycles. The summed E-state index contributed by atoms with van der Waals surface area (Å²) in [7, 11) is 4.12. The normalized spacial score (nSPS) is 24.2. The standard InChI is InChI=1S/C20H30N4O/c1-4-17-6-7-18(21-14-17)23-11-5-9-20(15-23)10-8-19(25)24(16-20)13-12-22(2)3/h4,6-7,14H,1,5,8-13,15-16H2,2-3H3. The van der Waals surface area contributed by atoms with Crippen LogP contribution in [0, 0.1) is 5.41 Å². The third kappa shape index (κ3) is 4.21. The molecule has 1 amide bonds. The van der Waals surface area contributed by atoms with E-state index in [1.807, 2.05) is 12.3 Å². The number of anilines is 1. The predicted molar refractivity (Wildman–Crippen MR) is 103 cm³/mol. The molecule has 5 nitrogen and oxygen atoms in total. The Balaban J connectivity index is 1.70. The Labute approximate surface area is 151 Å². The number of carbonyl (C=O) groups is 1. The number of hydrogen-bond donors (Lipinski definition) is 0. The minimum Gasteiger partial charge on any atom is -0.356 e. The Bertz CT molecular complexity index is 613. The highest BCUT2D eigenvalue weighted by Gasteiger charge is 2.41. The molecule has 0 bridgehead atoms. The van der Waals surface area contributed by atoms with Crippen molar-refractivity contribution in [1.82, 2.24) is 14.8 Å². The second-order valence-corrected chi connectivity index (χ2v) is 7.80. The molecule has 1 unspecified atom stereocenters. The molecular formula is C20H30N4O. The number of hydrogen-bond acceptors (Lipinski definition) is 4. The molecule has 2 fully saturated rings. The van der Waals surface area contributed by atoms with E-state index >= 15 is 0 Å². The van der Waals surface area contributed by atoms with Crippen LogP contribution in [0.25, 0.3) is 6.08 Å². The number of amides is 1. The zero-order chi connectivity index (χ0) is 17.9. The van der Waals surface area contributed by atoms with E-state index in [1.165, 1.54) is 12.8 Å². The molecule has 2 aliphatic rings. The van der Waals surface area contributed by atoms with Gasteiger partial charge in [0.1, 0.15) is 5.82 Å². The highest BCUT2D eigenvalue weighted by Crippen LogP contribution is 2.39. The first-order valence-electron chi connectivity index (χ1n) is 9.27. The molecule has 1 spiro atoms. The summed E-state index contributed by atoms with van der Waals surface area (Å²) in [6.45, 7) is 8.49. The summed E-state index contributed by atoms with van der Waals surface area (Å²) in [6.07, 6.45) is 7.78. The third-order valence-corrected chi connectivity index (χ3v) is 5.56. The number of piperidine rings is 2. The fourth-order valence-electron chi connectivity index (χ4n) is 4.07. The van der Waals surface area contributed by atoms with E-state index in [0.717, 1.165) is 50.5 Å². The molecule has 1 aromatic heterocycles. The molecular weight excluding hydrogens is 312 g/mol. The van der Waals surface area contributed by atoms with Gasteiger partial charge in [-0.05, 0) is 51.1 Å². The van der Waals surface area contributed by atoms with Crippen LogP contribution in [0.15, 0.2) is 24.9 Å². The molecule has 3 rings (SSSR count). The molecule has 5 heteroatoms. The summed E-state index contributed by atoms with van der Waals surface area (Å²) >= 11 is 0. The molecule has 136 valence electrons. The largest absolute Gasteiger partial charge is 0.356 e. The number of likely N-dealkylation sites (tertiary alicyclic amines) is 1. The topological polar surface area (TPSA) is 39.7 Å². The first-order chi connectivity index (χ1) is 12.0. The first kappa shape index (κ1) is 17.9. The average molecular weight is 342 g/mol. The Morgan fingerprint density at radius 3 is 2.84 bits per heavy atom. The predicted octanol–water partition coefficient (Wildman–Crippen LogP) is 2.50. The van der Waals surface area contributed by atoms with Gasteiger partial charge >= 0.3 is 0 Å². The maximum atomic E-state index is 12.3. The van der Waals surface area contributed by atoms with E-state index in [0.29, 0.717) is 12.3 Å². The number of rotatable bonds is 5. The van der Waals surface area contributed by atoms with Gasteiger partial charge in [-0.2, -0.15) is 0 Å². The summed E-state index contributed by atoms with van der Waals surface area (Å²) in [4.78, 5) is 23.6. The fraction of sp³-hybridized carbons (Fsp3) is 0.600. The molecule has 3 heterocycles. The van der Waals surface area contributed by atoms with Gasteiger partial charge < -0.3 is 14.7 Å². The quantitative estimate of drug-likeness (QED) is 0.824. The molecule has 1 atom stereocenters. The first-order valence-corrected chi connectivity index (χ1v) is 9.27. The van der Waals surface area contributed by atoms with Gasteiger partial charge in [0, 0.05) is 50.8 Å². The lowest BCUT2D eigenvalue weighted by atomic mass is 9.73. The van der Waals surface area contributed by atoms with Crippen LogP contribution in [-0.2, 0) is 4.79 Å². The summed E-state index contributed by atoms with van der Waals surface area (Å²) in [5, 5.41) is 0. The van der Waals surface area contributed by atoms with Crippen molar-refractivity contribution in [3.63, 3.8) is 0 Å². The number of aromatic nitrogens is 1. The van der Waals surface area contributed by atoms with Crippen LogP contribution in [0.3, 0.4) is 0 Å². The maximum absolute atomic E-state index is 12.3. The number of carbonyl (C=O) groups excluding carboxylic acids is 1. The second-order valence-electron chi connectivity index (χ2n) is 7.80. The molecule has 0 radical (unpaired) electrons.